The molecule has 1 aliphatic carbocycles. The van der Waals surface area contributed by atoms with Gasteiger partial charge in [0.05, 0.1) is 32.1 Å². The maximum absolute atomic E-state index is 13.5. The summed E-state index contributed by atoms with van der Waals surface area (Å²) in [6.07, 6.45) is 4.71. The van der Waals surface area contributed by atoms with Crippen molar-refractivity contribution in [2.24, 2.45) is 0 Å². The minimum absolute atomic E-state index is 0.0602. The SMILES string of the molecule is COC(=O)N1CCC[C@H](NS(C)(=O)=O)[C@@H]1COC1CCC(c2cc(F)cc(F)c2)CC1. The van der Waals surface area contributed by atoms with Gasteiger partial charge in [0.1, 0.15) is 11.6 Å². The Balaban J connectivity index is 1.60. The summed E-state index contributed by atoms with van der Waals surface area (Å²) < 4.78 is 64.2. The summed E-state index contributed by atoms with van der Waals surface area (Å²) in [4.78, 5) is 13.7. The fourth-order valence-corrected chi connectivity index (χ4v) is 5.45. The van der Waals surface area contributed by atoms with Gasteiger partial charge in [-0.15, -0.1) is 0 Å². The standard InChI is InChI=1S/C21H30F2N2O5S/c1-29-21(26)25-9-3-4-19(24-31(2,27)28)20(25)13-30-18-7-5-14(6-8-18)15-10-16(22)12-17(23)11-15/h10-12,14,18-20,24H,3-9,13H2,1-2H3/t14?,18?,19-,20-/m0/s1. The number of halogens is 2. The van der Waals surface area contributed by atoms with Gasteiger partial charge >= 0.3 is 6.09 Å². The van der Waals surface area contributed by atoms with Gasteiger partial charge < -0.3 is 14.4 Å². The Hall–Kier alpha value is -1.78. The van der Waals surface area contributed by atoms with Gasteiger partial charge in [-0.1, -0.05) is 0 Å². The molecule has 1 aliphatic heterocycles. The number of nitrogens with one attached hydrogen (secondary N) is 1. The molecule has 1 N–H and O–H groups in total. The number of piperidine rings is 1. The lowest BCUT2D eigenvalue weighted by Gasteiger charge is -2.41. The van der Waals surface area contributed by atoms with Crippen LogP contribution in [0.2, 0.25) is 0 Å². The van der Waals surface area contributed by atoms with Crippen LogP contribution in [0.4, 0.5) is 13.6 Å². The van der Waals surface area contributed by atoms with Gasteiger partial charge in [-0.25, -0.2) is 26.7 Å². The minimum atomic E-state index is -3.45. The van der Waals surface area contributed by atoms with Gasteiger partial charge in [-0.3, -0.25) is 0 Å². The van der Waals surface area contributed by atoms with E-state index in [0.717, 1.165) is 38.0 Å². The summed E-state index contributed by atoms with van der Waals surface area (Å²) in [6, 6.07) is 2.72. The van der Waals surface area contributed by atoms with E-state index in [0.29, 0.717) is 24.9 Å². The zero-order valence-corrected chi connectivity index (χ0v) is 18.7. The molecule has 1 saturated heterocycles. The number of nitrogens with zero attached hydrogens (tertiary/aromatic N) is 1. The molecule has 0 spiro atoms. The Bertz CT molecular complexity index is 854. The smallest absolute Gasteiger partial charge is 0.409 e. The number of sulfonamides is 1. The van der Waals surface area contributed by atoms with Crippen LogP contribution in [-0.4, -0.2) is 64.1 Å². The first-order valence-electron chi connectivity index (χ1n) is 10.6. The number of carbonyl (C=O) groups is 1. The van der Waals surface area contributed by atoms with E-state index in [9.17, 15) is 22.0 Å². The molecule has 31 heavy (non-hydrogen) atoms. The minimum Gasteiger partial charge on any atom is -0.453 e. The number of amides is 1. The highest BCUT2D eigenvalue weighted by molar-refractivity contribution is 7.88. The molecule has 3 rings (SSSR count). The molecule has 1 heterocycles. The molecule has 0 unspecified atom stereocenters. The molecule has 2 aliphatic rings. The third-order valence-corrected chi connectivity index (χ3v) is 6.82. The van der Waals surface area contributed by atoms with Crippen molar-refractivity contribution in [2.75, 3.05) is 26.5 Å². The molecule has 0 aromatic heterocycles. The van der Waals surface area contributed by atoms with Gasteiger partial charge in [0.2, 0.25) is 10.0 Å². The zero-order valence-electron chi connectivity index (χ0n) is 17.9. The van der Waals surface area contributed by atoms with Crippen molar-refractivity contribution in [1.82, 2.24) is 9.62 Å². The Morgan fingerprint density at radius 3 is 2.35 bits per heavy atom. The molecule has 2 atom stereocenters. The van der Waals surface area contributed by atoms with Crippen LogP contribution < -0.4 is 4.72 Å². The van der Waals surface area contributed by atoms with Gasteiger partial charge in [-0.2, -0.15) is 0 Å². The predicted octanol–water partition coefficient (Wildman–Crippen LogP) is 3.16. The Morgan fingerprint density at radius 1 is 1.13 bits per heavy atom. The summed E-state index contributed by atoms with van der Waals surface area (Å²) in [7, 11) is -2.15. The molecule has 1 amide bonds. The molecule has 7 nitrogen and oxygen atoms in total. The van der Waals surface area contributed by atoms with Crippen molar-refractivity contribution in [3.8, 4) is 0 Å². The molecule has 0 radical (unpaired) electrons. The average molecular weight is 461 g/mol. The lowest BCUT2D eigenvalue weighted by molar-refractivity contribution is -0.0245. The highest BCUT2D eigenvalue weighted by Crippen LogP contribution is 2.35. The topological polar surface area (TPSA) is 84.9 Å². The summed E-state index contributed by atoms with van der Waals surface area (Å²) in [6.45, 7) is 0.659. The highest BCUT2D eigenvalue weighted by Gasteiger charge is 2.37. The van der Waals surface area contributed by atoms with E-state index < -0.39 is 39.8 Å². The first kappa shape index (κ1) is 23.9. The van der Waals surface area contributed by atoms with E-state index in [2.05, 4.69) is 4.72 Å². The molecule has 1 aromatic carbocycles. The normalized spacial score (nSPS) is 27.2. The molecule has 0 bridgehead atoms. The molecular weight excluding hydrogens is 430 g/mol. The summed E-state index contributed by atoms with van der Waals surface area (Å²) in [5.41, 5.74) is 0.664. The number of rotatable bonds is 6. The van der Waals surface area contributed by atoms with E-state index >= 15 is 0 Å². The number of likely N-dealkylation sites (tertiary alicyclic amines) is 1. The highest BCUT2D eigenvalue weighted by atomic mass is 32.2. The summed E-state index contributed by atoms with van der Waals surface area (Å²) >= 11 is 0. The zero-order chi connectivity index (χ0) is 22.6. The Kier molecular flexibility index (Phi) is 7.87. The van der Waals surface area contributed by atoms with Crippen LogP contribution in [0, 0.1) is 11.6 Å². The Labute approximate surface area is 182 Å². The number of methoxy groups -OCH3 is 1. The molecule has 174 valence electrons. The van der Waals surface area contributed by atoms with Crippen molar-refractivity contribution < 1.29 is 31.5 Å². The molecule has 1 saturated carbocycles. The van der Waals surface area contributed by atoms with E-state index in [1.165, 1.54) is 24.1 Å². The van der Waals surface area contributed by atoms with Crippen LogP contribution >= 0.6 is 0 Å². The van der Waals surface area contributed by atoms with Crippen molar-refractivity contribution in [2.45, 2.75) is 62.6 Å². The fourth-order valence-electron chi connectivity index (χ4n) is 4.63. The van der Waals surface area contributed by atoms with Crippen molar-refractivity contribution in [3.05, 3.63) is 35.4 Å². The van der Waals surface area contributed by atoms with Gasteiger partial charge in [-0.05, 0) is 62.1 Å². The van der Waals surface area contributed by atoms with E-state index in [1.54, 1.807) is 0 Å². The largest absolute Gasteiger partial charge is 0.453 e. The molecule has 1 aromatic rings. The first-order chi connectivity index (χ1) is 14.7. The van der Waals surface area contributed by atoms with E-state index in [-0.39, 0.29) is 18.6 Å². The number of benzene rings is 1. The second kappa shape index (κ2) is 10.2. The van der Waals surface area contributed by atoms with Crippen LogP contribution in [-0.2, 0) is 19.5 Å². The van der Waals surface area contributed by atoms with Crippen LogP contribution in [0.25, 0.3) is 0 Å². The number of ether oxygens (including phenoxy) is 2. The number of carbonyl (C=O) groups excluding carboxylic acids is 1. The maximum Gasteiger partial charge on any atom is 0.409 e. The first-order valence-corrected chi connectivity index (χ1v) is 12.4. The van der Waals surface area contributed by atoms with E-state index in [1.807, 2.05) is 0 Å². The van der Waals surface area contributed by atoms with Gasteiger partial charge in [0.15, 0.2) is 0 Å². The predicted molar refractivity (Wildman–Crippen MR) is 111 cm³/mol. The van der Waals surface area contributed by atoms with Crippen molar-refractivity contribution in [3.63, 3.8) is 0 Å². The van der Waals surface area contributed by atoms with E-state index in [4.69, 9.17) is 9.47 Å². The van der Waals surface area contributed by atoms with Crippen molar-refractivity contribution in [1.29, 1.82) is 0 Å². The lowest BCUT2D eigenvalue weighted by Crippen LogP contribution is -2.59. The quantitative estimate of drug-likeness (QED) is 0.705. The van der Waals surface area contributed by atoms with Crippen LogP contribution in [0.15, 0.2) is 18.2 Å². The van der Waals surface area contributed by atoms with Gasteiger partial charge in [0, 0.05) is 18.7 Å². The molecule has 10 heteroatoms. The monoisotopic (exact) mass is 460 g/mol. The third kappa shape index (κ3) is 6.60. The molecule has 2 fully saturated rings. The number of hydrogen-bond acceptors (Lipinski definition) is 5. The molecular formula is C21H30F2N2O5S. The fraction of sp³-hybridized carbons (Fsp3) is 0.667. The van der Waals surface area contributed by atoms with Crippen LogP contribution in [0.3, 0.4) is 0 Å². The van der Waals surface area contributed by atoms with Crippen LogP contribution in [0.1, 0.15) is 50.0 Å². The Morgan fingerprint density at radius 2 is 1.77 bits per heavy atom. The number of hydrogen-bond donors (Lipinski definition) is 1. The third-order valence-electron chi connectivity index (χ3n) is 6.09. The lowest BCUT2D eigenvalue weighted by atomic mass is 9.82. The van der Waals surface area contributed by atoms with Gasteiger partial charge in [0.25, 0.3) is 0 Å². The van der Waals surface area contributed by atoms with Crippen LogP contribution in [0.5, 0.6) is 0 Å². The average Bonchev–Trinajstić information content (AvgIpc) is 2.70. The van der Waals surface area contributed by atoms with Crippen molar-refractivity contribution >= 4 is 16.1 Å². The summed E-state index contributed by atoms with van der Waals surface area (Å²) in [5.74, 6) is -1.07. The second-order valence-corrected chi connectivity index (χ2v) is 10.2. The second-order valence-electron chi connectivity index (χ2n) is 8.38. The summed E-state index contributed by atoms with van der Waals surface area (Å²) in [5, 5.41) is 0. The maximum atomic E-state index is 13.5.